The number of hydrogen-bond acceptors (Lipinski definition) is 6. The van der Waals surface area contributed by atoms with Gasteiger partial charge in [-0.2, -0.15) is 0 Å². The molecule has 17 heavy (non-hydrogen) atoms. The quantitative estimate of drug-likeness (QED) is 0.660. The first-order chi connectivity index (χ1) is 7.99. The molecule has 1 amide bonds. The fourth-order valence-corrected chi connectivity index (χ4v) is 1.03. The van der Waals surface area contributed by atoms with Crippen molar-refractivity contribution >= 4 is 11.9 Å². The normalized spacial score (nSPS) is 12.5. The molecule has 1 aromatic rings. The van der Waals surface area contributed by atoms with Gasteiger partial charge in [0.25, 0.3) is 0 Å². The monoisotopic (exact) mass is 241 g/mol. The van der Waals surface area contributed by atoms with E-state index in [9.17, 15) is 4.79 Å². The molecule has 1 unspecified atom stereocenters. The minimum Gasteiger partial charge on any atom is -0.406 e. The zero-order chi connectivity index (χ0) is 12.8. The van der Waals surface area contributed by atoms with Crippen LogP contribution in [0.1, 0.15) is 32.7 Å². The Kier molecular flexibility index (Phi) is 4.89. The third-order valence-electron chi connectivity index (χ3n) is 1.94. The largest absolute Gasteiger partial charge is 0.406 e. The SMILES string of the molecule is CC(C)CNC(=O)CNc1nnc(C(C)N)o1. The maximum Gasteiger partial charge on any atom is 0.315 e. The van der Waals surface area contributed by atoms with Gasteiger partial charge in [-0.05, 0) is 12.8 Å². The fraction of sp³-hybridized carbons (Fsp3) is 0.700. The zero-order valence-corrected chi connectivity index (χ0v) is 10.4. The van der Waals surface area contributed by atoms with Crippen molar-refractivity contribution in [3.05, 3.63) is 5.89 Å². The molecule has 0 saturated carbocycles. The van der Waals surface area contributed by atoms with Gasteiger partial charge in [0.2, 0.25) is 11.8 Å². The molecule has 1 atom stereocenters. The van der Waals surface area contributed by atoms with E-state index < -0.39 is 0 Å². The van der Waals surface area contributed by atoms with Gasteiger partial charge >= 0.3 is 6.01 Å². The summed E-state index contributed by atoms with van der Waals surface area (Å²) in [6, 6.07) is -0.107. The lowest BCUT2D eigenvalue weighted by atomic mass is 10.2. The van der Waals surface area contributed by atoms with Crippen LogP contribution in [0.4, 0.5) is 6.01 Å². The van der Waals surface area contributed by atoms with Crippen LogP contribution in [0.3, 0.4) is 0 Å². The van der Waals surface area contributed by atoms with Crippen LogP contribution in [-0.2, 0) is 4.79 Å². The van der Waals surface area contributed by atoms with E-state index in [-0.39, 0.29) is 24.5 Å². The van der Waals surface area contributed by atoms with Crippen LogP contribution >= 0.6 is 0 Å². The molecule has 7 heteroatoms. The van der Waals surface area contributed by atoms with Gasteiger partial charge < -0.3 is 20.8 Å². The summed E-state index contributed by atoms with van der Waals surface area (Å²) in [5.41, 5.74) is 5.56. The Balaban J connectivity index is 2.32. The lowest BCUT2D eigenvalue weighted by Gasteiger charge is -2.07. The summed E-state index contributed by atoms with van der Waals surface area (Å²) in [6.07, 6.45) is 0. The molecule has 0 aliphatic carbocycles. The summed E-state index contributed by atoms with van der Waals surface area (Å²) in [5, 5.41) is 13.0. The minimum absolute atomic E-state index is 0.104. The third kappa shape index (κ3) is 4.81. The molecule has 1 rings (SSSR count). The molecule has 96 valence electrons. The molecule has 0 aromatic carbocycles. The van der Waals surface area contributed by atoms with Crippen LogP contribution in [0.2, 0.25) is 0 Å². The standard InChI is InChI=1S/C10H19N5O2/c1-6(2)4-12-8(16)5-13-10-15-14-9(17-10)7(3)11/h6-7H,4-5,11H2,1-3H3,(H,12,16)(H,13,15). The van der Waals surface area contributed by atoms with Gasteiger partial charge in [-0.3, -0.25) is 4.79 Å². The number of carbonyl (C=O) groups is 1. The number of anilines is 1. The highest BCUT2D eigenvalue weighted by molar-refractivity contribution is 5.79. The highest BCUT2D eigenvalue weighted by Crippen LogP contribution is 2.10. The van der Waals surface area contributed by atoms with Crippen molar-refractivity contribution in [1.29, 1.82) is 0 Å². The van der Waals surface area contributed by atoms with Gasteiger partial charge in [0.1, 0.15) is 0 Å². The number of amides is 1. The van der Waals surface area contributed by atoms with Gasteiger partial charge in [-0.1, -0.05) is 18.9 Å². The lowest BCUT2D eigenvalue weighted by Crippen LogP contribution is -2.32. The Morgan fingerprint density at radius 2 is 2.12 bits per heavy atom. The molecule has 4 N–H and O–H groups in total. The number of nitrogens with one attached hydrogen (secondary N) is 2. The first-order valence-electron chi connectivity index (χ1n) is 5.58. The van der Waals surface area contributed by atoms with Gasteiger partial charge in [-0.15, -0.1) is 5.10 Å². The van der Waals surface area contributed by atoms with Crippen molar-refractivity contribution in [2.45, 2.75) is 26.8 Å². The van der Waals surface area contributed by atoms with E-state index in [2.05, 4.69) is 20.8 Å². The van der Waals surface area contributed by atoms with E-state index in [1.807, 2.05) is 13.8 Å². The zero-order valence-electron chi connectivity index (χ0n) is 10.4. The number of aromatic nitrogens is 2. The van der Waals surface area contributed by atoms with Crippen LogP contribution in [0.15, 0.2) is 4.42 Å². The van der Waals surface area contributed by atoms with Crippen molar-refractivity contribution in [3.63, 3.8) is 0 Å². The molecular weight excluding hydrogens is 222 g/mol. The summed E-state index contributed by atoms with van der Waals surface area (Å²) in [4.78, 5) is 11.4. The van der Waals surface area contributed by atoms with Crippen LogP contribution in [-0.4, -0.2) is 29.2 Å². The fourth-order valence-electron chi connectivity index (χ4n) is 1.03. The Morgan fingerprint density at radius 1 is 1.41 bits per heavy atom. The average Bonchev–Trinajstić information content (AvgIpc) is 2.72. The first-order valence-corrected chi connectivity index (χ1v) is 5.58. The van der Waals surface area contributed by atoms with Gasteiger partial charge in [0.05, 0.1) is 12.6 Å². The Labute approximate surface area is 100 Å². The number of nitrogens with two attached hydrogens (primary N) is 1. The van der Waals surface area contributed by atoms with Crippen molar-refractivity contribution in [2.24, 2.45) is 11.7 Å². The number of nitrogens with zero attached hydrogens (tertiary/aromatic N) is 2. The van der Waals surface area contributed by atoms with E-state index in [1.54, 1.807) is 6.92 Å². The molecule has 0 radical (unpaired) electrons. The van der Waals surface area contributed by atoms with E-state index in [1.165, 1.54) is 0 Å². The van der Waals surface area contributed by atoms with Crippen LogP contribution in [0.25, 0.3) is 0 Å². The highest BCUT2D eigenvalue weighted by atomic mass is 16.4. The Morgan fingerprint density at radius 3 is 2.65 bits per heavy atom. The first kappa shape index (κ1) is 13.4. The molecule has 0 aliphatic rings. The smallest absolute Gasteiger partial charge is 0.315 e. The molecule has 1 aromatic heterocycles. The molecule has 1 heterocycles. The van der Waals surface area contributed by atoms with Crippen molar-refractivity contribution in [1.82, 2.24) is 15.5 Å². The van der Waals surface area contributed by atoms with E-state index in [4.69, 9.17) is 10.2 Å². The topological polar surface area (TPSA) is 106 Å². The van der Waals surface area contributed by atoms with Crippen LogP contribution < -0.4 is 16.4 Å². The van der Waals surface area contributed by atoms with Gasteiger partial charge in [0.15, 0.2) is 0 Å². The Hall–Kier alpha value is -1.63. The molecule has 7 nitrogen and oxygen atoms in total. The summed E-state index contributed by atoms with van der Waals surface area (Å²) in [5.74, 6) is 0.654. The molecular formula is C10H19N5O2. The maximum atomic E-state index is 11.4. The number of rotatable bonds is 6. The van der Waals surface area contributed by atoms with E-state index in [0.29, 0.717) is 18.4 Å². The van der Waals surface area contributed by atoms with Crippen molar-refractivity contribution in [3.8, 4) is 0 Å². The van der Waals surface area contributed by atoms with Crippen molar-refractivity contribution < 1.29 is 9.21 Å². The average molecular weight is 241 g/mol. The highest BCUT2D eigenvalue weighted by Gasteiger charge is 2.10. The van der Waals surface area contributed by atoms with Gasteiger partial charge in [-0.25, -0.2) is 0 Å². The number of hydrogen-bond donors (Lipinski definition) is 3. The Bertz CT molecular complexity index is 361. The molecule has 0 fully saturated rings. The van der Waals surface area contributed by atoms with Crippen molar-refractivity contribution in [2.75, 3.05) is 18.4 Å². The molecule has 0 bridgehead atoms. The predicted octanol–water partition coefficient (Wildman–Crippen LogP) is 0.273. The van der Waals surface area contributed by atoms with E-state index in [0.717, 1.165) is 0 Å². The second-order valence-electron chi connectivity index (χ2n) is 4.29. The molecule has 0 saturated heterocycles. The lowest BCUT2D eigenvalue weighted by molar-refractivity contribution is -0.119. The van der Waals surface area contributed by atoms with Gasteiger partial charge in [0, 0.05) is 6.54 Å². The third-order valence-corrected chi connectivity index (χ3v) is 1.94. The summed E-state index contributed by atoms with van der Waals surface area (Å²) in [6.45, 7) is 6.55. The summed E-state index contributed by atoms with van der Waals surface area (Å²) in [7, 11) is 0. The minimum atomic E-state index is -0.312. The summed E-state index contributed by atoms with van der Waals surface area (Å²) >= 11 is 0. The second kappa shape index (κ2) is 6.19. The maximum absolute atomic E-state index is 11.4. The summed E-state index contributed by atoms with van der Waals surface area (Å²) < 4.78 is 5.18. The number of carbonyl (C=O) groups excluding carboxylic acids is 1. The second-order valence-corrected chi connectivity index (χ2v) is 4.29. The van der Waals surface area contributed by atoms with Crippen LogP contribution in [0.5, 0.6) is 0 Å². The van der Waals surface area contributed by atoms with E-state index >= 15 is 0 Å². The predicted molar refractivity (Wildman–Crippen MR) is 63.2 cm³/mol. The molecule has 0 aliphatic heterocycles. The molecule has 0 spiro atoms. The van der Waals surface area contributed by atoms with Crippen LogP contribution in [0, 0.1) is 5.92 Å².